The van der Waals surface area contributed by atoms with Crippen molar-refractivity contribution in [1.29, 1.82) is 0 Å². The van der Waals surface area contributed by atoms with E-state index >= 15 is 0 Å². The molecule has 2 saturated heterocycles. The van der Waals surface area contributed by atoms with Crippen LogP contribution in [0.1, 0.15) is 39.5 Å². The van der Waals surface area contributed by atoms with Crippen molar-refractivity contribution in [2.24, 2.45) is 11.3 Å². The van der Waals surface area contributed by atoms with Crippen LogP contribution in [0.25, 0.3) is 0 Å². The van der Waals surface area contributed by atoms with Gasteiger partial charge in [-0.25, -0.2) is 0 Å². The molecule has 3 rings (SSSR count). The molecule has 3 aliphatic rings. The SMILES string of the molecule is CC1(C)C(NCCN2CCCC2)C2CCCOC21. The van der Waals surface area contributed by atoms with E-state index in [2.05, 4.69) is 24.1 Å². The number of nitrogens with one attached hydrogen (secondary N) is 1. The first-order chi connectivity index (χ1) is 8.69. The summed E-state index contributed by atoms with van der Waals surface area (Å²) in [7, 11) is 0. The number of ether oxygens (including phenoxy) is 1. The number of hydrogen-bond donors (Lipinski definition) is 1. The van der Waals surface area contributed by atoms with Gasteiger partial charge in [-0.3, -0.25) is 0 Å². The predicted molar refractivity (Wildman–Crippen MR) is 73.7 cm³/mol. The molecule has 3 unspecified atom stereocenters. The van der Waals surface area contributed by atoms with Crippen molar-refractivity contribution >= 4 is 0 Å². The van der Waals surface area contributed by atoms with Gasteiger partial charge in [0.2, 0.25) is 0 Å². The van der Waals surface area contributed by atoms with Crippen LogP contribution in [0.4, 0.5) is 0 Å². The van der Waals surface area contributed by atoms with Gasteiger partial charge in [0, 0.05) is 37.1 Å². The molecule has 18 heavy (non-hydrogen) atoms. The average Bonchev–Trinajstić information content (AvgIpc) is 2.87. The van der Waals surface area contributed by atoms with Crippen molar-refractivity contribution in [2.75, 3.05) is 32.8 Å². The second-order valence-electron chi connectivity index (χ2n) is 6.90. The van der Waals surface area contributed by atoms with Crippen LogP contribution >= 0.6 is 0 Å². The lowest BCUT2D eigenvalue weighted by molar-refractivity contribution is -0.192. The average molecular weight is 252 g/mol. The Morgan fingerprint density at radius 1 is 1.22 bits per heavy atom. The normalized spacial score (nSPS) is 39.3. The molecule has 2 heterocycles. The summed E-state index contributed by atoms with van der Waals surface area (Å²) in [6.07, 6.45) is 5.91. The molecule has 3 atom stereocenters. The van der Waals surface area contributed by atoms with Crippen LogP contribution in [-0.2, 0) is 4.74 Å². The second kappa shape index (κ2) is 5.10. The highest BCUT2D eigenvalue weighted by Gasteiger charge is 2.57. The molecular weight excluding hydrogens is 224 g/mol. The maximum atomic E-state index is 5.95. The molecule has 0 amide bonds. The monoisotopic (exact) mass is 252 g/mol. The molecule has 1 saturated carbocycles. The zero-order chi connectivity index (χ0) is 12.6. The molecule has 2 aliphatic heterocycles. The van der Waals surface area contributed by atoms with Gasteiger partial charge < -0.3 is 15.0 Å². The molecule has 0 aromatic heterocycles. The van der Waals surface area contributed by atoms with Gasteiger partial charge in [-0.1, -0.05) is 13.8 Å². The Kier molecular flexibility index (Phi) is 3.65. The molecule has 0 aromatic carbocycles. The van der Waals surface area contributed by atoms with Gasteiger partial charge in [0.1, 0.15) is 0 Å². The third-order valence-corrected chi connectivity index (χ3v) is 5.32. The van der Waals surface area contributed by atoms with Gasteiger partial charge in [-0.15, -0.1) is 0 Å². The Labute approximate surface area is 111 Å². The molecule has 3 fully saturated rings. The number of hydrogen-bond acceptors (Lipinski definition) is 3. The Balaban J connectivity index is 1.46. The van der Waals surface area contributed by atoms with Gasteiger partial charge >= 0.3 is 0 Å². The second-order valence-corrected chi connectivity index (χ2v) is 6.90. The quantitative estimate of drug-likeness (QED) is 0.827. The minimum Gasteiger partial charge on any atom is -0.377 e. The van der Waals surface area contributed by atoms with E-state index < -0.39 is 0 Å². The van der Waals surface area contributed by atoms with Crippen molar-refractivity contribution in [3.63, 3.8) is 0 Å². The minimum atomic E-state index is 0.329. The van der Waals surface area contributed by atoms with Crippen molar-refractivity contribution in [1.82, 2.24) is 10.2 Å². The van der Waals surface area contributed by atoms with E-state index in [9.17, 15) is 0 Å². The predicted octanol–water partition coefficient (Wildman–Crippen LogP) is 1.88. The molecule has 0 bridgehead atoms. The Hall–Kier alpha value is -0.120. The van der Waals surface area contributed by atoms with Crippen LogP contribution in [-0.4, -0.2) is 49.8 Å². The molecule has 3 nitrogen and oxygen atoms in total. The van der Waals surface area contributed by atoms with E-state index in [1.807, 2.05) is 0 Å². The summed E-state index contributed by atoms with van der Waals surface area (Å²) in [5, 5.41) is 3.81. The van der Waals surface area contributed by atoms with Gasteiger partial charge in [-0.05, 0) is 38.8 Å². The van der Waals surface area contributed by atoms with Crippen molar-refractivity contribution in [3.8, 4) is 0 Å². The van der Waals surface area contributed by atoms with E-state index in [0.29, 0.717) is 17.6 Å². The summed E-state index contributed by atoms with van der Waals surface area (Å²) in [5.74, 6) is 0.771. The summed E-state index contributed by atoms with van der Waals surface area (Å²) in [4.78, 5) is 2.59. The third kappa shape index (κ3) is 2.21. The smallest absolute Gasteiger partial charge is 0.0684 e. The van der Waals surface area contributed by atoms with Crippen LogP contribution in [0, 0.1) is 11.3 Å². The van der Waals surface area contributed by atoms with Crippen molar-refractivity contribution in [2.45, 2.75) is 51.7 Å². The number of likely N-dealkylation sites (tertiary alicyclic amines) is 1. The van der Waals surface area contributed by atoms with Gasteiger partial charge in [-0.2, -0.15) is 0 Å². The zero-order valence-electron chi connectivity index (χ0n) is 12.0. The molecule has 0 radical (unpaired) electrons. The summed E-state index contributed by atoms with van der Waals surface area (Å²) in [6, 6.07) is 0.672. The largest absolute Gasteiger partial charge is 0.377 e. The van der Waals surface area contributed by atoms with E-state index in [4.69, 9.17) is 4.74 Å². The van der Waals surface area contributed by atoms with Crippen LogP contribution in [0.3, 0.4) is 0 Å². The van der Waals surface area contributed by atoms with E-state index in [1.165, 1.54) is 45.3 Å². The lowest BCUT2D eigenvalue weighted by Gasteiger charge is -2.60. The molecule has 104 valence electrons. The van der Waals surface area contributed by atoms with Crippen molar-refractivity contribution in [3.05, 3.63) is 0 Å². The summed E-state index contributed by atoms with van der Waals surface area (Å²) in [5.41, 5.74) is 0.329. The summed E-state index contributed by atoms with van der Waals surface area (Å²) >= 11 is 0. The van der Waals surface area contributed by atoms with Gasteiger partial charge in [0.25, 0.3) is 0 Å². The van der Waals surface area contributed by atoms with Crippen LogP contribution in [0.5, 0.6) is 0 Å². The highest BCUT2D eigenvalue weighted by Crippen LogP contribution is 2.51. The van der Waals surface area contributed by atoms with E-state index in [0.717, 1.165) is 19.1 Å². The lowest BCUT2D eigenvalue weighted by Crippen LogP contribution is -2.69. The minimum absolute atomic E-state index is 0.329. The maximum absolute atomic E-state index is 5.95. The Bertz CT molecular complexity index is 286. The Morgan fingerprint density at radius 2 is 2.00 bits per heavy atom. The van der Waals surface area contributed by atoms with Crippen LogP contribution < -0.4 is 5.32 Å². The number of rotatable bonds is 4. The highest BCUT2D eigenvalue weighted by molar-refractivity contribution is 5.10. The topological polar surface area (TPSA) is 24.5 Å². The van der Waals surface area contributed by atoms with Crippen LogP contribution in [0.15, 0.2) is 0 Å². The number of nitrogens with zero attached hydrogens (tertiary/aromatic N) is 1. The lowest BCUT2D eigenvalue weighted by atomic mass is 9.55. The summed E-state index contributed by atoms with van der Waals surface area (Å²) < 4.78 is 5.95. The molecule has 0 aromatic rings. The molecule has 1 aliphatic carbocycles. The highest BCUT2D eigenvalue weighted by atomic mass is 16.5. The van der Waals surface area contributed by atoms with Gasteiger partial charge in [0.05, 0.1) is 6.10 Å². The maximum Gasteiger partial charge on any atom is 0.0684 e. The molecular formula is C15H28N2O. The van der Waals surface area contributed by atoms with Gasteiger partial charge in [0.15, 0.2) is 0 Å². The molecule has 3 heteroatoms. The first-order valence-corrected chi connectivity index (χ1v) is 7.77. The van der Waals surface area contributed by atoms with Crippen molar-refractivity contribution < 1.29 is 4.74 Å². The van der Waals surface area contributed by atoms with E-state index in [1.54, 1.807) is 0 Å². The first-order valence-electron chi connectivity index (χ1n) is 7.77. The first kappa shape index (κ1) is 12.9. The standard InChI is InChI=1S/C15H28N2O/c1-15(2)13(12-6-5-11-18-14(12)15)16-7-10-17-8-3-4-9-17/h12-14,16H,3-11H2,1-2H3. The Morgan fingerprint density at radius 3 is 2.78 bits per heavy atom. The van der Waals surface area contributed by atoms with Crippen LogP contribution in [0.2, 0.25) is 0 Å². The van der Waals surface area contributed by atoms with E-state index in [-0.39, 0.29) is 0 Å². The zero-order valence-corrected chi connectivity index (χ0v) is 12.0. The fraction of sp³-hybridized carbons (Fsp3) is 1.00. The molecule has 0 spiro atoms. The fourth-order valence-corrected chi connectivity index (χ4v) is 4.32. The number of fused-ring (bicyclic) bond motifs is 1. The molecule has 1 N–H and O–H groups in total. The third-order valence-electron chi connectivity index (χ3n) is 5.32. The summed E-state index contributed by atoms with van der Waals surface area (Å²) in [6.45, 7) is 10.7. The fourth-order valence-electron chi connectivity index (χ4n) is 4.32.